The Morgan fingerprint density at radius 1 is 1.21 bits per heavy atom. The Morgan fingerprint density at radius 3 is 2.62 bits per heavy atom. The summed E-state index contributed by atoms with van der Waals surface area (Å²) in [6, 6.07) is 12.3. The molecule has 1 fully saturated rings. The lowest BCUT2D eigenvalue weighted by Crippen LogP contribution is -2.38. The molecule has 1 aromatic heterocycles. The van der Waals surface area contributed by atoms with Crippen molar-refractivity contribution in [2.75, 3.05) is 20.1 Å². The van der Waals surface area contributed by atoms with E-state index >= 15 is 0 Å². The van der Waals surface area contributed by atoms with E-state index in [1.165, 1.54) is 29.9 Å². The van der Waals surface area contributed by atoms with Crippen molar-refractivity contribution in [2.24, 2.45) is 0 Å². The van der Waals surface area contributed by atoms with Crippen molar-refractivity contribution in [1.29, 1.82) is 0 Å². The maximum absolute atomic E-state index is 13.0. The summed E-state index contributed by atoms with van der Waals surface area (Å²) < 4.78 is 27.5. The highest BCUT2D eigenvalue weighted by Crippen LogP contribution is 2.34. The third-order valence-electron chi connectivity index (χ3n) is 5.19. The normalized spacial score (nSPS) is 15.7. The predicted octanol–water partition coefficient (Wildman–Crippen LogP) is 3.88. The van der Waals surface area contributed by atoms with Gasteiger partial charge in [0.05, 0.1) is 30.7 Å². The van der Waals surface area contributed by atoms with Gasteiger partial charge in [0.15, 0.2) is 0 Å². The average molecular weight is 450 g/mol. The molecule has 0 spiro atoms. The van der Waals surface area contributed by atoms with Crippen LogP contribution in [-0.2, 0) is 10.0 Å². The lowest BCUT2D eigenvalue weighted by molar-refractivity contribution is 0.0713. The third-order valence-corrected chi connectivity index (χ3v) is 8.13. The highest BCUT2D eigenvalue weighted by molar-refractivity contribution is 7.89. The van der Waals surface area contributed by atoms with Gasteiger partial charge in [0.1, 0.15) is 0 Å². The van der Waals surface area contributed by atoms with E-state index in [0.29, 0.717) is 19.0 Å². The first kappa shape index (κ1) is 20.3. The lowest BCUT2D eigenvalue weighted by Gasteiger charge is -2.31. The zero-order valence-corrected chi connectivity index (χ0v) is 18.1. The van der Waals surface area contributed by atoms with Crippen LogP contribution in [0.25, 0.3) is 10.2 Å². The molecule has 1 aliphatic heterocycles. The second-order valence-corrected chi connectivity index (χ2v) is 10.3. The maximum Gasteiger partial charge on any atom is 0.255 e. The first-order valence-electron chi connectivity index (χ1n) is 9.27. The largest absolute Gasteiger partial charge is 0.339 e. The number of rotatable bonds is 4. The van der Waals surface area contributed by atoms with Crippen LogP contribution in [0.3, 0.4) is 0 Å². The summed E-state index contributed by atoms with van der Waals surface area (Å²) in [5.41, 5.74) is 1.22. The van der Waals surface area contributed by atoms with Crippen LogP contribution < -0.4 is 4.72 Å². The Balaban J connectivity index is 1.50. The van der Waals surface area contributed by atoms with Crippen molar-refractivity contribution >= 4 is 49.1 Å². The van der Waals surface area contributed by atoms with E-state index in [-0.39, 0.29) is 21.4 Å². The Kier molecular flexibility index (Phi) is 5.61. The van der Waals surface area contributed by atoms with Gasteiger partial charge in [-0.2, -0.15) is 0 Å². The number of benzene rings is 2. The minimum absolute atomic E-state index is 0.0251. The number of carbonyl (C=O) groups excluding carboxylic acids is 1. The van der Waals surface area contributed by atoms with E-state index in [1.54, 1.807) is 16.2 Å². The molecule has 1 amide bonds. The number of likely N-dealkylation sites (tertiary alicyclic amines) is 1. The summed E-state index contributed by atoms with van der Waals surface area (Å²) in [5.74, 6) is 0.0776. The molecule has 1 aliphatic rings. The van der Waals surface area contributed by atoms with Gasteiger partial charge in [0.2, 0.25) is 10.0 Å². The molecule has 1 saturated heterocycles. The maximum atomic E-state index is 13.0. The van der Waals surface area contributed by atoms with Crippen LogP contribution in [0.1, 0.15) is 34.1 Å². The van der Waals surface area contributed by atoms with Crippen molar-refractivity contribution in [2.45, 2.75) is 23.7 Å². The van der Waals surface area contributed by atoms with Gasteiger partial charge in [-0.1, -0.05) is 23.7 Å². The second kappa shape index (κ2) is 8.02. The predicted molar refractivity (Wildman–Crippen MR) is 115 cm³/mol. The first-order valence-corrected chi connectivity index (χ1v) is 11.9. The van der Waals surface area contributed by atoms with Gasteiger partial charge < -0.3 is 4.90 Å². The molecular weight excluding hydrogens is 430 g/mol. The summed E-state index contributed by atoms with van der Waals surface area (Å²) >= 11 is 7.91. The fourth-order valence-corrected chi connectivity index (χ4v) is 5.61. The van der Waals surface area contributed by atoms with Gasteiger partial charge in [-0.15, -0.1) is 11.3 Å². The number of amides is 1. The van der Waals surface area contributed by atoms with Crippen LogP contribution in [0.2, 0.25) is 5.02 Å². The molecule has 0 unspecified atom stereocenters. The molecule has 2 heterocycles. The standard InChI is InChI=1S/C20H20ClN3O3S2/c1-22-29(26,27)14-6-7-16(21)15(12-14)20(25)24-10-8-13(9-11-24)19-23-17-4-2-3-5-18(17)28-19/h2-7,12-13,22H,8-11H2,1H3. The Bertz CT molecular complexity index is 1140. The van der Waals surface area contributed by atoms with Crippen LogP contribution in [0, 0.1) is 0 Å². The quantitative estimate of drug-likeness (QED) is 0.655. The molecule has 29 heavy (non-hydrogen) atoms. The van der Waals surface area contributed by atoms with Crippen molar-refractivity contribution < 1.29 is 13.2 Å². The Morgan fingerprint density at radius 2 is 1.93 bits per heavy atom. The van der Waals surface area contributed by atoms with E-state index in [9.17, 15) is 13.2 Å². The number of nitrogens with zero attached hydrogens (tertiary/aromatic N) is 2. The topological polar surface area (TPSA) is 79.4 Å². The fourth-order valence-electron chi connectivity index (χ4n) is 3.52. The number of aromatic nitrogens is 1. The van der Waals surface area contributed by atoms with Gasteiger partial charge in [-0.25, -0.2) is 18.1 Å². The zero-order chi connectivity index (χ0) is 20.6. The zero-order valence-electron chi connectivity index (χ0n) is 15.8. The van der Waals surface area contributed by atoms with Crippen LogP contribution in [0.4, 0.5) is 0 Å². The van der Waals surface area contributed by atoms with Crippen molar-refractivity contribution in [1.82, 2.24) is 14.6 Å². The van der Waals surface area contributed by atoms with Gasteiger partial charge in [0, 0.05) is 19.0 Å². The number of halogens is 1. The van der Waals surface area contributed by atoms with E-state index in [4.69, 9.17) is 16.6 Å². The van der Waals surface area contributed by atoms with Crippen molar-refractivity contribution in [3.05, 3.63) is 58.1 Å². The Hall–Kier alpha value is -2.00. The van der Waals surface area contributed by atoms with Gasteiger partial charge in [-0.3, -0.25) is 4.79 Å². The average Bonchev–Trinajstić information content (AvgIpc) is 3.18. The lowest BCUT2D eigenvalue weighted by atomic mass is 9.97. The molecule has 0 bridgehead atoms. The number of thiazole rings is 1. The molecule has 2 aromatic carbocycles. The summed E-state index contributed by atoms with van der Waals surface area (Å²) in [6.07, 6.45) is 1.63. The molecule has 0 aliphatic carbocycles. The van der Waals surface area contributed by atoms with Gasteiger partial charge in [-0.05, 0) is 50.2 Å². The highest BCUT2D eigenvalue weighted by Gasteiger charge is 2.28. The Labute approximate surface area is 178 Å². The molecule has 0 radical (unpaired) electrons. The number of nitrogens with one attached hydrogen (secondary N) is 1. The number of hydrogen-bond donors (Lipinski definition) is 1. The highest BCUT2D eigenvalue weighted by atomic mass is 35.5. The molecule has 9 heteroatoms. The summed E-state index contributed by atoms with van der Waals surface area (Å²) in [5, 5.41) is 1.36. The molecular formula is C20H20ClN3O3S2. The monoisotopic (exact) mass is 449 g/mol. The second-order valence-electron chi connectivity index (χ2n) is 6.94. The van der Waals surface area contributed by atoms with Crippen molar-refractivity contribution in [3.8, 4) is 0 Å². The van der Waals surface area contributed by atoms with E-state index in [2.05, 4.69) is 10.8 Å². The number of sulfonamides is 1. The molecule has 1 N–H and O–H groups in total. The first-order chi connectivity index (χ1) is 13.9. The SMILES string of the molecule is CNS(=O)(=O)c1ccc(Cl)c(C(=O)N2CCC(c3nc4ccccc4s3)CC2)c1. The number of hydrogen-bond acceptors (Lipinski definition) is 5. The number of carbonyl (C=O) groups is 1. The van der Waals surface area contributed by atoms with Gasteiger partial charge >= 0.3 is 0 Å². The molecule has 0 atom stereocenters. The molecule has 4 rings (SSSR count). The summed E-state index contributed by atoms with van der Waals surface area (Å²) in [7, 11) is -2.31. The van der Waals surface area contributed by atoms with E-state index < -0.39 is 10.0 Å². The number of piperidine rings is 1. The van der Waals surface area contributed by atoms with Crippen LogP contribution in [0.15, 0.2) is 47.4 Å². The van der Waals surface area contributed by atoms with Crippen molar-refractivity contribution in [3.63, 3.8) is 0 Å². The number of fused-ring (bicyclic) bond motifs is 1. The fraction of sp³-hybridized carbons (Fsp3) is 0.300. The molecule has 0 saturated carbocycles. The summed E-state index contributed by atoms with van der Waals surface area (Å²) in [6.45, 7) is 1.16. The van der Waals surface area contributed by atoms with Crippen LogP contribution in [0.5, 0.6) is 0 Å². The third kappa shape index (κ3) is 4.02. The molecule has 152 valence electrons. The van der Waals surface area contributed by atoms with E-state index in [1.807, 2.05) is 18.2 Å². The molecule has 6 nitrogen and oxygen atoms in total. The summed E-state index contributed by atoms with van der Waals surface area (Å²) in [4.78, 5) is 19.5. The number of para-hydroxylation sites is 1. The molecule has 3 aromatic rings. The smallest absolute Gasteiger partial charge is 0.255 e. The van der Waals surface area contributed by atoms with Crippen LogP contribution in [-0.4, -0.2) is 44.3 Å². The minimum Gasteiger partial charge on any atom is -0.339 e. The minimum atomic E-state index is -3.65. The van der Waals surface area contributed by atoms with Gasteiger partial charge in [0.25, 0.3) is 5.91 Å². The van der Waals surface area contributed by atoms with Crippen LogP contribution >= 0.6 is 22.9 Å². The van der Waals surface area contributed by atoms with E-state index in [0.717, 1.165) is 23.4 Å².